The average molecular weight is 241 g/mol. The lowest BCUT2D eigenvalue weighted by Crippen LogP contribution is -2.40. The lowest BCUT2D eigenvalue weighted by molar-refractivity contribution is -0.0992. The highest BCUT2D eigenvalue weighted by molar-refractivity contribution is 4.90. The molecule has 3 nitrogen and oxygen atoms in total. The van der Waals surface area contributed by atoms with Crippen molar-refractivity contribution in [3.8, 4) is 0 Å². The summed E-state index contributed by atoms with van der Waals surface area (Å²) < 4.78 is 11.5. The zero-order valence-corrected chi connectivity index (χ0v) is 11.3. The molecule has 3 atom stereocenters. The van der Waals surface area contributed by atoms with Gasteiger partial charge in [0.25, 0.3) is 0 Å². The van der Waals surface area contributed by atoms with Gasteiger partial charge >= 0.3 is 0 Å². The molecule has 100 valence electrons. The number of hydrogen-bond acceptors (Lipinski definition) is 3. The molecule has 0 aromatic rings. The Labute approximate surface area is 105 Å². The third-order valence-electron chi connectivity index (χ3n) is 4.49. The van der Waals surface area contributed by atoms with E-state index in [0.29, 0.717) is 6.04 Å². The maximum Gasteiger partial charge on any atom is 0.0939 e. The predicted molar refractivity (Wildman–Crippen MR) is 69.2 cm³/mol. The first-order valence-electron chi connectivity index (χ1n) is 7.17. The molecule has 3 unspecified atom stereocenters. The number of nitrogens with one attached hydrogen (secondary N) is 1. The maximum atomic E-state index is 5.98. The van der Waals surface area contributed by atoms with Gasteiger partial charge in [0.15, 0.2) is 0 Å². The summed E-state index contributed by atoms with van der Waals surface area (Å²) >= 11 is 0. The van der Waals surface area contributed by atoms with Crippen molar-refractivity contribution in [2.45, 2.75) is 57.1 Å². The Bertz CT molecular complexity index is 222. The van der Waals surface area contributed by atoms with Crippen molar-refractivity contribution in [2.24, 2.45) is 5.92 Å². The van der Waals surface area contributed by atoms with Crippen molar-refractivity contribution in [2.75, 3.05) is 26.9 Å². The average Bonchev–Trinajstić information content (AvgIpc) is 2.79. The number of hydrogen-bond donors (Lipinski definition) is 1. The third-order valence-corrected chi connectivity index (χ3v) is 4.49. The zero-order chi connectivity index (χ0) is 12.1. The topological polar surface area (TPSA) is 30.5 Å². The molecule has 0 amide bonds. The van der Waals surface area contributed by atoms with E-state index in [1.807, 2.05) is 0 Å². The van der Waals surface area contributed by atoms with Gasteiger partial charge in [-0.15, -0.1) is 0 Å². The van der Waals surface area contributed by atoms with E-state index in [9.17, 15) is 0 Å². The monoisotopic (exact) mass is 241 g/mol. The minimum atomic E-state index is 0.0876. The molecule has 2 heterocycles. The molecule has 3 heteroatoms. The molecule has 0 radical (unpaired) electrons. The molecule has 2 fully saturated rings. The highest BCUT2D eigenvalue weighted by atomic mass is 16.6. The van der Waals surface area contributed by atoms with Crippen molar-refractivity contribution in [1.29, 1.82) is 0 Å². The van der Waals surface area contributed by atoms with E-state index in [1.54, 1.807) is 0 Å². The van der Waals surface area contributed by atoms with E-state index in [0.717, 1.165) is 32.2 Å². The van der Waals surface area contributed by atoms with Crippen molar-refractivity contribution >= 4 is 0 Å². The van der Waals surface area contributed by atoms with Gasteiger partial charge in [0.2, 0.25) is 0 Å². The largest absolute Gasteiger partial charge is 0.378 e. The van der Waals surface area contributed by atoms with Crippen LogP contribution in [0.5, 0.6) is 0 Å². The summed E-state index contributed by atoms with van der Waals surface area (Å²) in [4.78, 5) is 0. The molecule has 2 aliphatic rings. The molecule has 17 heavy (non-hydrogen) atoms. The second-order valence-electron chi connectivity index (χ2n) is 5.66. The van der Waals surface area contributed by atoms with Crippen molar-refractivity contribution < 1.29 is 9.47 Å². The summed E-state index contributed by atoms with van der Waals surface area (Å²) in [6.07, 6.45) is 7.43. The predicted octanol–water partition coefficient (Wildman–Crippen LogP) is 2.35. The molecule has 1 spiro atoms. The summed E-state index contributed by atoms with van der Waals surface area (Å²) in [5, 5.41) is 3.40. The van der Waals surface area contributed by atoms with Gasteiger partial charge in [-0.2, -0.15) is 0 Å². The molecule has 1 N–H and O–H groups in total. The van der Waals surface area contributed by atoms with Crippen molar-refractivity contribution in [3.63, 3.8) is 0 Å². The van der Waals surface area contributed by atoms with Gasteiger partial charge in [-0.3, -0.25) is 0 Å². The van der Waals surface area contributed by atoms with E-state index in [1.165, 1.54) is 32.1 Å². The summed E-state index contributed by atoms with van der Waals surface area (Å²) in [5.41, 5.74) is 0.0876. The summed E-state index contributed by atoms with van der Waals surface area (Å²) in [6.45, 7) is 4.91. The van der Waals surface area contributed by atoms with Crippen LogP contribution < -0.4 is 5.32 Å². The van der Waals surface area contributed by atoms with Crippen LogP contribution in [0.25, 0.3) is 0 Å². The Morgan fingerprint density at radius 2 is 2.29 bits per heavy atom. The minimum absolute atomic E-state index is 0.0876. The van der Waals surface area contributed by atoms with Crippen molar-refractivity contribution in [3.05, 3.63) is 0 Å². The Balaban J connectivity index is 1.77. The number of rotatable bonds is 5. The Kier molecular flexibility index (Phi) is 4.83. The maximum absolute atomic E-state index is 5.98. The molecule has 0 aliphatic carbocycles. The van der Waals surface area contributed by atoms with Gasteiger partial charge in [-0.25, -0.2) is 0 Å². The van der Waals surface area contributed by atoms with E-state index in [2.05, 4.69) is 19.3 Å². The first-order valence-corrected chi connectivity index (χ1v) is 7.17. The smallest absolute Gasteiger partial charge is 0.0939 e. The summed E-state index contributed by atoms with van der Waals surface area (Å²) in [5.74, 6) is 0.841. The summed E-state index contributed by atoms with van der Waals surface area (Å²) in [7, 11) is 2.07. The molecule has 0 aromatic heterocycles. The van der Waals surface area contributed by atoms with Crippen LogP contribution in [-0.2, 0) is 9.47 Å². The first kappa shape index (κ1) is 13.3. The Morgan fingerprint density at radius 1 is 1.41 bits per heavy atom. The molecule has 0 aromatic carbocycles. The molecule has 0 saturated carbocycles. The van der Waals surface area contributed by atoms with Gasteiger partial charge in [-0.1, -0.05) is 6.92 Å². The SMILES string of the molecule is CCC(CCC1CCOC2(CCOC2)C1)NC. The molecule has 0 bridgehead atoms. The van der Waals surface area contributed by atoms with Crippen LogP contribution >= 0.6 is 0 Å². The second kappa shape index (κ2) is 6.17. The van der Waals surface area contributed by atoms with Crippen LogP contribution in [0.2, 0.25) is 0 Å². The van der Waals surface area contributed by atoms with E-state index in [-0.39, 0.29) is 5.60 Å². The van der Waals surface area contributed by atoms with Crippen LogP contribution in [-0.4, -0.2) is 38.5 Å². The first-order chi connectivity index (χ1) is 8.28. The fourth-order valence-corrected chi connectivity index (χ4v) is 3.23. The Hall–Kier alpha value is -0.120. The van der Waals surface area contributed by atoms with E-state index < -0.39 is 0 Å². The minimum Gasteiger partial charge on any atom is -0.378 e. The van der Waals surface area contributed by atoms with Crippen LogP contribution in [0.4, 0.5) is 0 Å². The van der Waals surface area contributed by atoms with E-state index >= 15 is 0 Å². The number of ether oxygens (including phenoxy) is 2. The van der Waals surface area contributed by atoms with Crippen LogP contribution in [0.1, 0.15) is 45.4 Å². The standard InChI is InChI=1S/C14H27NO2/c1-3-13(15-2)5-4-12-6-8-17-14(10-12)7-9-16-11-14/h12-13,15H,3-11H2,1-2H3. The molecule has 2 aliphatic heterocycles. The highest BCUT2D eigenvalue weighted by Gasteiger charge is 2.40. The zero-order valence-electron chi connectivity index (χ0n) is 11.3. The second-order valence-corrected chi connectivity index (χ2v) is 5.66. The van der Waals surface area contributed by atoms with E-state index in [4.69, 9.17) is 9.47 Å². The van der Waals surface area contributed by atoms with Gasteiger partial charge in [0.05, 0.1) is 12.2 Å². The summed E-state index contributed by atoms with van der Waals surface area (Å²) in [6, 6.07) is 0.689. The van der Waals surface area contributed by atoms with Gasteiger partial charge in [0, 0.05) is 25.7 Å². The normalized spacial score (nSPS) is 35.3. The highest BCUT2D eigenvalue weighted by Crippen LogP contribution is 2.37. The lowest BCUT2D eigenvalue weighted by atomic mass is 9.82. The van der Waals surface area contributed by atoms with Gasteiger partial charge in [0.1, 0.15) is 0 Å². The fraction of sp³-hybridized carbons (Fsp3) is 1.00. The van der Waals surface area contributed by atoms with Gasteiger partial charge in [-0.05, 0) is 45.1 Å². The van der Waals surface area contributed by atoms with Crippen LogP contribution in [0.15, 0.2) is 0 Å². The van der Waals surface area contributed by atoms with Crippen LogP contribution in [0, 0.1) is 5.92 Å². The van der Waals surface area contributed by atoms with Crippen molar-refractivity contribution in [1.82, 2.24) is 5.32 Å². The van der Waals surface area contributed by atoms with Crippen LogP contribution in [0.3, 0.4) is 0 Å². The molecule has 2 saturated heterocycles. The van der Waals surface area contributed by atoms with Gasteiger partial charge < -0.3 is 14.8 Å². The molecule has 2 rings (SSSR count). The third kappa shape index (κ3) is 3.43. The molecular formula is C14H27NO2. The fourth-order valence-electron chi connectivity index (χ4n) is 3.23. The Morgan fingerprint density at radius 3 is 2.94 bits per heavy atom. The quantitative estimate of drug-likeness (QED) is 0.801. The lowest BCUT2D eigenvalue weighted by Gasteiger charge is -2.37. The molecular weight excluding hydrogens is 214 g/mol.